The summed E-state index contributed by atoms with van der Waals surface area (Å²) < 4.78 is 0. The number of phenolic OH excluding ortho intramolecular Hbond substituents is 2. The van der Waals surface area contributed by atoms with E-state index in [1.54, 1.807) is 24.3 Å². The van der Waals surface area contributed by atoms with E-state index in [4.69, 9.17) is 10.2 Å². The predicted molar refractivity (Wildman–Crippen MR) is 155 cm³/mol. The van der Waals surface area contributed by atoms with Crippen LogP contribution in [0.2, 0.25) is 0 Å². The second-order valence-electron chi connectivity index (χ2n) is 10.9. The molecule has 2 aromatic rings. The molecule has 0 fully saturated rings. The van der Waals surface area contributed by atoms with Crippen LogP contribution in [0.4, 0.5) is 0 Å². The number of phenols is 2. The minimum absolute atomic E-state index is 0. The normalized spacial score (nSPS) is 13.5. The Hall–Kier alpha value is -2.12. The molecule has 2 N–H and O–H groups in total. The van der Waals surface area contributed by atoms with E-state index in [9.17, 15) is 0 Å². The molecule has 2 aliphatic carbocycles. The summed E-state index contributed by atoms with van der Waals surface area (Å²) in [5.41, 5.74) is 5.65. The average Bonchev–Trinajstić information content (AvgIpc) is 3.54. The van der Waals surface area contributed by atoms with Crippen molar-refractivity contribution in [3.8, 4) is 11.5 Å². The van der Waals surface area contributed by atoms with Gasteiger partial charge in [-0.1, -0.05) is 79.7 Å². The number of hydrogen-bond acceptors (Lipinski definition) is 2. The van der Waals surface area contributed by atoms with Crippen LogP contribution in [0, 0.1) is 23.0 Å². The third-order valence-electron chi connectivity index (χ3n) is 5.64. The summed E-state index contributed by atoms with van der Waals surface area (Å²) in [5, 5.41) is 17.9. The molecule has 2 aromatic carbocycles. The van der Waals surface area contributed by atoms with Crippen LogP contribution in [-0.4, -0.2) is 10.2 Å². The van der Waals surface area contributed by atoms with Gasteiger partial charge in [0.1, 0.15) is 11.5 Å². The van der Waals surface area contributed by atoms with Crippen molar-refractivity contribution in [3.63, 3.8) is 0 Å². The second kappa shape index (κ2) is 17.4. The molecule has 0 heterocycles. The first kappa shape index (κ1) is 34.9. The van der Waals surface area contributed by atoms with Gasteiger partial charge in [0.15, 0.2) is 0 Å². The SMILES string of the molecule is CC(C)(C)C1=[C-]CC=C1.CC(C)(C)C1=[C-]CC=C1.CCc1cccc(O)c1.CCc1cccc(O)c1.[Zr+2]. The molecular formula is C34H46O2Zr. The molecule has 0 aliphatic heterocycles. The Morgan fingerprint density at radius 2 is 1.00 bits per heavy atom. The van der Waals surface area contributed by atoms with Crippen molar-refractivity contribution in [3.05, 3.63) is 107 Å². The first-order valence-electron chi connectivity index (χ1n) is 13.0. The average molecular weight is 578 g/mol. The summed E-state index contributed by atoms with van der Waals surface area (Å²) in [6, 6.07) is 14.6. The van der Waals surface area contributed by atoms with Crippen molar-refractivity contribution >= 4 is 0 Å². The molecular weight excluding hydrogens is 532 g/mol. The van der Waals surface area contributed by atoms with Gasteiger partial charge in [0.05, 0.1) is 0 Å². The Balaban J connectivity index is 0.000000463. The smallest absolute Gasteiger partial charge is 0.508 e. The third kappa shape index (κ3) is 15.0. The van der Waals surface area contributed by atoms with Gasteiger partial charge in [-0.15, -0.1) is 12.8 Å². The fourth-order valence-corrected chi connectivity index (χ4v) is 3.39. The van der Waals surface area contributed by atoms with Crippen molar-refractivity contribution < 1.29 is 36.4 Å². The number of hydrogen-bond donors (Lipinski definition) is 2. The molecule has 0 bridgehead atoms. The summed E-state index contributed by atoms with van der Waals surface area (Å²) in [5.74, 6) is 0.712. The zero-order valence-corrected chi connectivity index (χ0v) is 26.6. The number of rotatable bonds is 2. The van der Waals surface area contributed by atoms with Crippen LogP contribution < -0.4 is 0 Å². The fourth-order valence-electron chi connectivity index (χ4n) is 3.39. The summed E-state index contributed by atoms with van der Waals surface area (Å²) in [6.07, 6.45) is 19.2. The maximum atomic E-state index is 8.94. The molecule has 3 heteroatoms. The second-order valence-corrected chi connectivity index (χ2v) is 10.9. The quantitative estimate of drug-likeness (QED) is 0.349. The molecule has 37 heavy (non-hydrogen) atoms. The summed E-state index contributed by atoms with van der Waals surface area (Å²) in [6.45, 7) is 17.4. The fraction of sp³-hybridized carbons (Fsp3) is 0.412. The third-order valence-corrected chi connectivity index (χ3v) is 5.64. The van der Waals surface area contributed by atoms with Crippen LogP contribution in [-0.2, 0) is 39.0 Å². The molecule has 0 saturated carbocycles. The monoisotopic (exact) mass is 576 g/mol. The van der Waals surface area contributed by atoms with Gasteiger partial charge >= 0.3 is 26.2 Å². The molecule has 0 radical (unpaired) electrons. The molecule has 0 aromatic heterocycles. The van der Waals surface area contributed by atoms with Crippen LogP contribution in [0.3, 0.4) is 0 Å². The Bertz CT molecular complexity index is 958. The maximum absolute atomic E-state index is 8.94. The molecule has 2 nitrogen and oxygen atoms in total. The van der Waals surface area contributed by atoms with Crippen molar-refractivity contribution in [2.45, 2.75) is 81.1 Å². The number of allylic oxidation sites excluding steroid dienone is 8. The van der Waals surface area contributed by atoms with Gasteiger partial charge in [-0.2, -0.15) is 12.2 Å². The van der Waals surface area contributed by atoms with E-state index >= 15 is 0 Å². The number of aromatic hydroxyl groups is 2. The molecule has 2 aliphatic rings. The molecule has 0 spiro atoms. The van der Waals surface area contributed by atoms with Crippen LogP contribution >= 0.6 is 0 Å². The Labute approximate surface area is 246 Å². The van der Waals surface area contributed by atoms with Gasteiger partial charge in [0.25, 0.3) is 0 Å². The molecule has 0 amide bonds. The topological polar surface area (TPSA) is 40.5 Å². The van der Waals surface area contributed by atoms with Gasteiger partial charge < -0.3 is 10.2 Å². The standard InChI is InChI=1S/2C9H13.2C8H10O.Zr/c2*1-9(2,3)8-6-4-5-7-8;2*1-2-7-4-3-5-8(9)6-7;/h2*4,6H,5H2,1-3H3;2*3-6,9H,2H2,1H3;/q2*-1;;;+2. The summed E-state index contributed by atoms with van der Waals surface area (Å²) in [4.78, 5) is 0. The zero-order chi connectivity index (χ0) is 27.2. The van der Waals surface area contributed by atoms with E-state index in [0.717, 1.165) is 25.7 Å². The summed E-state index contributed by atoms with van der Waals surface area (Å²) in [7, 11) is 0. The Morgan fingerprint density at radius 3 is 1.16 bits per heavy atom. The van der Waals surface area contributed by atoms with E-state index in [1.807, 2.05) is 24.3 Å². The van der Waals surface area contributed by atoms with Crippen LogP contribution in [0.15, 0.2) is 84.0 Å². The van der Waals surface area contributed by atoms with Crippen molar-refractivity contribution in [1.82, 2.24) is 0 Å². The molecule has 0 saturated heterocycles. The first-order chi connectivity index (χ1) is 16.9. The zero-order valence-electron chi connectivity index (χ0n) is 24.2. The Morgan fingerprint density at radius 1 is 0.649 bits per heavy atom. The molecule has 4 rings (SSSR count). The van der Waals surface area contributed by atoms with E-state index < -0.39 is 0 Å². The van der Waals surface area contributed by atoms with Crippen LogP contribution in [0.25, 0.3) is 0 Å². The molecule has 0 unspecified atom stereocenters. The largest absolute Gasteiger partial charge is 2.00 e. The first-order valence-corrected chi connectivity index (χ1v) is 13.0. The van der Waals surface area contributed by atoms with E-state index in [2.05, 4.69) is 91.8 Å². The van der Waals surface area contributed by atoms with Crippen LogP contribution in [0.5, 0.6) is 11.5 Å². The van der Waals surface area contributed by atoms with E-state index in [1.165, 1.54) is 22.3 Å². The molecule has 198 valence electrons. The Kier molecular flexibility index (Phi) is 16.4. The van der Waals surface area contributed by atoms with Crippen molar-refractivity contribution in [1.29, 1.82) is 0 Å². The van der Waals surface area contributed by atoms with E-state index in [-0.39, 0.29) is 26.2 Å². The maximum Gasteiger partial charge on any atom is 2.00 e. The van der Waals surface area contributed by atoms with Gasteiger partial charge in [-0.05, 0) is 59.1 Å². The number of aryl methyl sites for hydroxylation is 2. The van der Waals surface area contributed by atoms with Crippen LogP contribution in [0.1, 0.15) is 79.4 Å². The predicted octanol–water partition coefficient (Wildman–Crippen LogP) is 9.35. The van der Waals surface area contributed by atoms with Crippen molar-refractivity contribution in [2.75, 3.05) is 0 Å². The molecule has 0 atom stereocenters. The van der Waals surface area contributed by atoms with Gasteiger partial charge in [-0.3, -0.25) is 12.2 Å². The number of benzene rings is 2. The van der Waals surface area contributed by atoms with E-state index in [0.29, 0.717) is 22.3 Å². The summed E-state index contributed by atoms with van der Waals surface area (Å²) >= 11 is 0. The van der Waals surface area contributed by atoms with Gasteiger partial charge in [0.2, 0.25) is 0 Å². The minimum Gasteiger partial charge on any atom is -0.508 e. The van der Waals surface area contributed by atoms with Crippen molar-refractivity contribution in [2.24, 2.45) is 10.8 Å². The van der Waals surface area contributed by atoms with Gasteiger partial charge in [-0.25, -0.2) is 23.3 Å². The van der Waals surface area contributed by atoms with Gasteiger partial charge in [0, 0.05) is 0 Å². The minimum atomic E-state index is 0.